The van der Waals surface area contributed by atoms with Crippen LogP contribution in [0, 0.1) is 0 Å². The molecule has 0 bridgehead atoms. The van der Waals surface area contributed by atoms with Crippen LogP contribution < -0.4 is 5.32 Å². The fourth-order valence-corrected chi connectivity index (χ4v) is 5.02. The largest absolute Gasteiger partial charge is 0.338 e. The lowest BCUT2D eigenvalue weighted by Crippen LogP contribution is -2.56. The smallest absolute Gasteiger partial charge is 0.243 e. The van der Waals surface area contributed by atoms with Gasteiger partial charge in [-0.15, -0.1) is 0 Å². The maximum absolute atomic E-state index is 12.8. The number of nitrogens with one attached hydrogen (secondary N) is 1. The molecule has 2 heterocycles. The molecule has 0 saturated carbocycles. The van der Waals surface area contributed by atoms with Gasteiger partial charge in [0.15, 0.2) is 0 Å². The third-order valence-electron chi connectivity index (χ3n) is 4.52. The maximum atomic E-state index is 12.8. The average molecular weight is 337 g/mol. The number of hydrogen-bond donors (Lipinski definition) is 1. The number of benzene rings is 1. The zero-order chi connectivity index (χ0) is 16.4. The van der Waals surface area contributed by atoms with E-state index in [1.165, 1.54) is 4.31 Å². The second kappa shape index (κ2) is 6.59. The molecule has 0 aliphatic carbocycles. The van der Waals surface area contributed by atoms with Gasteiger partial charge in [-0.25, -0.2) is 8.42 Å². The van der Waals surface area contributed by atoms with E-state index >= 15 is 0 Å². The Bertz CT molecular complexity index is 662. The second-order valence-electron chi connectivity index (χ2n) is 6.23. The third-order valence-corrected chi connectivity index (χ3v) is 6.44. The molecule has 23 heavy (non-hydrogen) atoms. The molecule has 2 aliphatic heterocycles. The normalized spacial score (nSPS) is 26.4. The van der Waals surface area contributed by atoms with Gasteiger partial charge in [0.05, 0.1) is 4.90 Å². The highest BCUT2D eigenvalue weighted by atomic mass is 32.2. The van der Waals surface area contributed by atoms with Gasteiger partial charge in [0.25, 0.3) is 0 Å². The van der Waals surface area contributed by atoms with Crippen molar-refractivity contribution in [2.45, 2.75) is 36.7 Å². The molecule has 2 saturated heterocycles. The first-order valence-electron chi connectivity index (χ1n) is 8.09. The maximum Gasteiger partial charge on any atom is 0.243 e. The topological polar surface area (TPSA) is 69.7 Å². The lowest BCUT2D eigenvalue weighted by molar-refractivity contribution is -0.135. The molecule has 2 unspecified atom stereocenters. The summed E-state index contributed by atoms with van der Waals surface area (Å²) in [7, 11) is -3.61. The summed E-state index contributed by atoms with van der Waals surface area (Å²) in [6.45, 7) is 4.47. The van der Waals surface area contributed by atoms with Crippen molar-refractivity contribution in [2.24, 2.45) is 0 Å². The van der Waals surface area contributed by atoms with Gasteiger partial charge in [-0.2, -0.15) is 4.31 Å². The molecule has 2 fully saturated rings. The van der Waals surface area contributed by atoms with Gasteiger partial charge < -0.3 is 10.2 Å². The first kappa shape index (κ1) is 16.4. The average Bonchev–Trinajstić information content (AvgIpc) is 3.05. The summed E-state index contributed by atoms with van der Waals surface area (Å²) in [5, 5.41) is 3.30. The molecule has 126 valence electrons. The lowest BCUT2D eigenvalue weighted by atomic mass is 10.1. The standard InChI is InChI=1S/C16H23N3O3S/c1-13-12-18(11-9-17-13)16(20)15-8-5-10-19(15)23(21,22)14-6-3-2-4-7-14/h2-4,6-7,13,15,17H,5,8-12H2,1H3. The highest BCUT2D eigenvalue weighted by Gasteiger charge is 2.41. The van der Waals surface area contributed by atoms with Crippen molar-refractivity contribution < 1.29 is 13.2 Å². The van der Waals surface area contributed by atoms with E-state index in [9.17, 15) is 13.2 Å². The Balaban J connectivity index is 1.81. The van der Waals surface area contributed by atoms with Crippen LogP contribution in [0.3, 0.4) is 0 Å². The number of carbonyl (C=O) groups is 1. The van der Waals surface area contributed by atoms with Crippen LogP contribution in [0.5, 0.6) is 0 Å². The van der Waals surface area contributed by atoms with Gasteiger partial charge in [-0.05, 0) is 31.9 Å². The van der Waals surface area contributed by atoms with Crippen LogP contribution in [0.4, 0.5) is 0 Å². The summed E-state index contributed by atoms with van der Waals surface area (Å²) in [5.74, 6) is -0.0599. The minimum Gasteiger partial charge on any atom is -0.338 e. The van der Waals surface area contributed by atoms with E-state index in [0.717, 1.165) is 13.0 Å². The Kier molecular flexibility index (Phi) is 4.70. The molecule has 1 aromatic carbocycles. The first-order chi connectivity index (χ1) is 11.0. The van der Waals surface area contributed by atoms with Crippen molar-refractivity contribution in [2.75, 3.05) is 26.2 Å². The van der Waals surface area contributed by atoms with E-state index in [1.807, 2.05) is 6.92 Å². The Morgan fingerprint density at radius 3 is 2.65 bits per heavy atom. The van der Waals surface area contributed by atoms with Crippen molar-refractivity contribution in [3.05, 3.63) is 30.3 Å². The molecule has 2 aliphatic rings. The zero-order valence-electron chi connectivity index (χ0n) is 13.3. The van der Waals surface area contributed by atoms with Crippen LogP contribution in [0.25, 0.3) is 0 Å². The molecule has 1 amide bonds. The molecule has 3 rings (SSSR count). The zero-order valence-corrected chi connectivity index (χ0v) is 14.1. The number of hydrogen-bond acceptors (Lipinski definition) is 4. The minimum atomic E-state index is -3.61. The van der Waals surface area contributed by atoms with Crippen LogP contribution in [0.15, 0.2) is 35.2 Å². The predicted octanol–water partition coefficient (Wildman–Crippen LogP) is 0.660. The molecule has 6 nitrogen and oxygen atoms in total. The third kappa shape index (κ3) is 3.27. The molecule has 0 spiro atoms. The summed E-state index contributed by atoms with van der Waals surface area (Å²) in [4.78, 5) is 14.9. The quantitative estimate of drug-likeness (QED) is 0.880. The van der Waals surface area contributed by atoms with E-state index in [-0.39, 0.29) is 16.8 Å². The first-order valence-corrected chi connectivity index (χ1v) is 9.53. The minimum absolute atomic E-state index is 0.0599. The van der Waals surface area contributed by atoms with Crippen molar-refractivity contribution in [1.29, 1.82) is 0 Å². The fourth-order valence-electron chi connectivity index (χ4n) is 3.35. The lowest BCUT2D eigenvalue weighted by Gasteiger charge is -2.35. The molecule has 2 atom stereocenters. The van der Waals surface area contributed by atoms with Crippen molar-refractivity contribution in [3.8, 4) is 0 Å². The summed E-state index contributed by atoms with van der Waals surface area (Å²) >= 11 is 0. The highest BCUT2D eigenvalue weighted by Crippen LogP contribution is 2.27. The molecule has 0 aromatic heterocycles. The summed E-state index contributed by atoms with van der Waals surface area (Å²) < 4.78 is 27.1. The van der Waals surface area contributed by atoms with Gasteiger partial charge in [-0.3, -0.25) is 4.79 Å². The van der Waals surface area contributed by atoms with Crippen molar-refractivity contribution in [1.82, 2.24) is 14.5 Å². The molecule has 1 aromatic rings. The van der Waals surface area contributed by atoms with Gasteiger partial charge in [0, 0.05) is 32.2 Å². The molecular formula is C16H23N3O3S. The highest BCUT2D eigenvalue weighted by molar-refractivity contribution is 7.89. The number of piperazine rings is 1. The molecule has 7 heteroatoms. The number of carbonyl (C=O) groups excluding carboxylic acids is 1. The van der Waals surface area contributed by atoms with Crippen molar-refractivity contribution >= 4 is 15.9 Å². The van der Waals surface area contributed by atoms with Crippen LogP contribution >= 0.6 is 0 Å². The van der Waals surface area contributed by atoms with Crippen LogP contribution in [0.1, 0.15) is 19.8 Å². The summed E-state index contributed by atoms with van der Waals surface area (Å²) in [6.07, 6.45) is 1.33. The van der Waals surface area contributed by atoms with Crippen LogP contribution in [-0.4, -0.2) is 61.8 Å². The summed E-state index contributed by atoms with van der Waals surface area (Å²) in [5.41, 5.74) is 0. The Labute approximate surface area is 137 Å². The van der Waals surface area contributed by atoms with Gasteiger partial charge >= 0.3 is 0 Å². The SMILES string of the molecule is CC1CN(C(=O)C2CCCN2S(=O)(=O)c2ccccc2)CCN1. The van der Waals surface area contributed by atoms with E-state index in [0.29, 0.717) is 26.1 Å². The molecule has 0 radical (unpaired) electrons. The molecular weight excluding hydrogens is 314 g/mol. The van der Waals surface area contributed by atoms with E-state index in [4.69, 9.17) is 0 Å². The van der Waals surface area contributed by atoms with Crippen LogP contribution in [0.2, 0.25) is 0 Å². The number of sulfonamides is 1. The van der Waals surface area contributed by atoms with Gasteiger partial charge in [0.2, 0.25) is 15.9 Å². The van der Waals surface area contributed by atoms with E-state index < -0.39 is 16.1 Å². The molecule has 1 N–H and O–H groups in total. The monoisotopic (exact) mass is 337 g/mol. The van der Waals surface area contributed by atoms with Gasteiger partial charge in [0.1, 0.15) is 6.04 Å². The fraction of sp³-hybridized carbons (Fsp3) is 0.562. The van der Waals surface area contributed by atoms with Gasteiger partial charge in [-0.1, -0.05) is 18.2 Å². The predicted molar refractivity (Wildman–Crippen MR) is 87.4 cm³/mol. The number of amides is 1. The van der Waals surface area contributed by atoms with Crippen LogP contribution in [-0.2, 0) is 14.8 Å². The summed E-state index contributed by atoms with van der Waals surface area (Å²) in [6, 6.07) is 8.05. The Morgan fingerprint density at radius 1 is 1.22 bits per heavy atom. The Morgan fingerprint density at radius 2 is 1.96 bits per heavy atom. The Hall–Kier alpha value is -1.44. The second-order valence-corrected chi connectivity index (χ2v) is 8.12. The van der Waals surface area contributed by atoms with E-state index in [1.54, 1.807) is 35.2 Å². The number of rotatable bonds is 3. The van der Waals surface area contributed by atoms with E-state index in [2.05, 4.69) is 5.32 Å². The number of nitrogens with zero attached hydrogens (tertiary/aromatic N) is 2. The van der Waals surface area contributed by atoms with Crippen molar-refractivity contribution in [3.63, 3.8) is 0 Å².